The standard InChI is InChI=1S/C12H18O.2C11H16O2.C11H16O.2CH4/c1-5-10-6-7-11(9(2)3)12(8-10)13-4;2*1-11(2,3)8-5-6-9(12)10(7-8)13-4;1-8(2)10-6-5-9(3)7-11(10)12-4;;/h6-9H,5H2,1-4H3;2*5-7,12H,1-4H3;5-8H,1-4H3;2*1H4. The third-order valence-electron chi connectivity index (χ3n) is 8.43. The second-order valence-electron chi connectivity index (χ2n) is 15.3. The fourth-order valence-electron chi connectivity index (χ4n) is 5.04. The van der Waals surface area contributed by atoms with E-state index < -0.39 is 0 Å². The minimum Gasteiger partial charge on any atom is -0.504 e. The molecular formula is C47H74O6. The van der Waals surface area contributed by atoms with Gasteiger partial charge in [-0.2, -0.15) is 0 Å². The predicted octanol–water partition coefficient (Wildman–Crippen LogP) is 13.2. The molecule has 6 nitrogen and oxygen atoms in total. The molecule has 4 aromatic carbocycles. The number of hydrogen-bond acceptors (Lipinski definition) is 6. The normalized spacial score (nSPS) is 10.5. The summed E-state index contributed by atoms with van der Waals surface area (Å²) in [5.41, 5.74) is 7.63. The fraction of sp³-hybridized carbons (Fsp3) is 0.489. The topological polar surface area (TPSA) is 77.4 Å². The zero-order chi connectivity index (χ0) is 39.1. The van der Waals surface area contributed by atoms with E-state index in [0.29, 0.717) is 23.3 Å². The first-order valence-corrected chi connectivity index (χ1v) is 17.8. The van der Waals surface area contributed by atoms with Gasteiger partial charge >= 0.3 is 0 Å². The highest BCUT2D eigenvalue weighted by atomic mass is 16.5. The highest BCUT2D eigenvalue weighted by Crippen LogP contribution is 2.33. The molecule has 0 atom stereocenters. The summed E-state index contributed by atoms with van der Waals surface area (Å²) in [6.45, 7) is 25.7. The van der Waals surface area contributed by atoms with Crippen molar-refractivity contribution in [1.82, 2.24) is 0 Å². The molecule has 0 heterocycles. The molecule has 2 N–H and O–H groups in total. The second kappa shape index (κ2) is 23.4. The summed E-state index contributed by atoms with van der Waals surface area (Å²) in [6, 6.07) is 23.7. The Bertz CT molecular complexity index is 1560. The quantitative estimate of drug-likeness (QED) is 0.197. The Balaban J connectivity index is 0. The molecule has 0 aliphatic rings. The first kappa shape index (κ1) is 50.8. The van der Waals surface area contributed by atoms with Gasteiger partial charge in [-0.15, -0.1) is 0 Å². The largest absolute Gasteiger partial charge is 0.504 e. The molecule has 4 rings (SSSR count). The van der Waals surface area contributed by atoms with Crippen LogP contribution in [-0.2, 0) is 17.3 Å². The Kier molecular flexibility index (Phi) is 22.4. The molecule has 0 bridgehead atoms. The molecule has 0 aromatic heterocycles. The van der Waals surface area contributed by atoms with Crippen LogP contribution in [0.2, 0.25) is 0 Å². The van der Waals surface area contributed by atoms with Crippen LogP contribution in [0.4, 0.5) is 0 Å². The number of benzene rings is 4. The smallest absolute Gasteiger partial charge is 0.160 e. The van der Waals surface area contributed by atoms with Crippen LogP contribution < -0.4 is 18.9 Å². The third-order valence-corrected chi connectivity index (χ3v) is 8.43. The molecule has 0 spiro atoms. The van der Waals surface area contributed by atoms with Crippen LogP contribution in [0.5, 0.6) is 34.5 Å². The number of hydrogen-bond donors (Lipinski definition) is 2. The Morgan fingerprint density at radius 3 is 1.19 bits per heavy atom. The maximum absolute atomic E-state index is 9.38. The number of phenolic OH excluding ortho intramolecular Hbond substituents is 2. The molecule has 298 valence electrons. The van der Waals surface area contributed by atoms with Gasteiger partial charge in [0.25, 0.3) is 0 Å². The van der Waals surface area contributed by atoms with Gasteiger partial charge in [0.15, 0.2) is 23.0 Å². The van der Waals surface area contributed by atoms with Gasteiger partial charge in [0, 0.05) is 0 Å². The molecule has 0 saturated heterocycles. The van der Waals surface area contributed by atoms with Gasteiger partial charge in [0.1, 0.15) is 11.5 Å². The zero-order valence-electron chi connectivity index (χ0n) is 34.3. The molecule has 0 aliphatic heterocycles. The van der Waals surface area contributed by atoms with Gasteiger partial charge < -0.3 is 29.2 Å². The van der Waals surface area contributed by atoms with Crippen molar-refractivity contribution in [3.8, 4) is 34.5 Å². The molecule has 0 aliphatic carbocycles. The van der Waals surface area contributed by atoms with Crippen molar-refractivity contribution in [3.05, 3.63) is 106 Å². The molecular weight excluding hydrogens is 661 g/mol. The van der Waals surface area contributed by atoms with Gasteiger partial charge in [0.2, 0.25) is 0 Å². The predicted molar refractivity (Wildman–Crippen MR) is 228 cm³/mol. The molecule has 6 heteroatoms. The average Bonchev–Trinajstić information content (AvgIpc) is 3.07. The third kappa shape index (κ3) is 16.5. The molecule has 0 fully saturated rings. The van der Waals surface area contributed by atoms with E-state index in [0.717, 1.165) is 29.0 Å². The summed E-state index contributed by atoms with van der Waals surface area (Å²) in [7, 11) is 6.57. The van der Waals surface area contributed by atoms with E-state index in [-0.39, 0.29) is 37.2 Å². The number of phenols is 2. The number of ether oxygens (including phenoxy) is 4. The van der Waals surface area contributed by atoms with Crippen LogP contribution in [-0.4, -0.2) is 38.7 Å². The number of methoxy groups -OCH3 is 4. The Hall–Kier alpha value is -4.32. The Morgan fingerprint density at radius 1 is 0.509 bits per heavy atom. The number of rotatable bonds is 7. The maximum Gasteiger partial charge on any atom is 0.160 e. The van der Waals surface area contributed by atoms with Gasteiger partial charge in [-0.25, -0.2) is 0 Å². The van der Waals surface area contributed by atoms with Crippen molar-refractivity contribution >= 4 is 0 Å². The molecule has 4 aromatic rings. The first-order chi connectivity index (χ1) is 23.7. The van der Waals surface area contributed by atoms with Gasteiger partial charge in [-0.3, -0.25) is 0 Å². The van der Waals surface area contributed by atoms with Crippen LogP contribution >= 0.6 is 0 Å². The lowest BCUT2D eigenvalue weighted by Crippen LogP contribution is -2.10. The van der Waals surface area contributed by atoms with Crippen molar-refractivity contribution in [1.29, 1.82) is 0 Å². The minimum absolute atomic E-state index is 0. The van der Waals surface area contributed by atoms with Crippen molar-refractivity contribution in [2.75, 3.05) is 28.4 Å². The van der Waals surface area contributed by atoms with Crippen molar-refractivity contribution in [2.24, 2.45) is 0 Å². The summed E-state index contributed by atoms with van der Waals surface area (Å²) in [4.78, 5) is 0. The van der Waals surface area contributed by atoms with Gasteiger partial charge in [-0.05, 0) is 106 Å². The second-order valence-corrected chi connectivity index (χ2v) is 15.3. The lowest BCUT2D eigenvalue weighted by atomic mass is 9.87. The summed E-state index contributed by atoms with van der Waals surface area (Å²) >= 11 is 0. The summed E-state index contributed by atoms with van der Waals surface area (Å²) in [5, 5.41) is 18.8. The van der Waals surface area contributed by atoms with E-state index in [4.69, 9.17) is 18.9 Å². The lowest BCUT2D eigenvalue weighted by molar-refractivity contribution is 0.371. The minimum atomic E-state index is 0. The van der Waals surface area contributed by atoms with Crippen molar-refractivity contribution < 1.29 is 29.2 Å². The van der Waals surface area contributed by atoms with Gasteiger partial charge in [-0.1, -0.05) is 127 Å². The highest BCUT2D eigenvalue weighted by molar-refractivity contribution is 5.45. The fourth-order valence-corrected chi connectivity index (χ4v) is 5.04. The van der Waals surface area contributed by atoms with Crippen LogP contribution in [0.15, 0.2) is 72.8 Å². The van der Waals surface area contributed by atoms with E-state index in [1.165, 1.54) is 22.3 Å². The van der Waals surface area contributed by atoms with Crippen LogP contribution in [0.25, 0.3) is 0 Å². The van der Waals surface area contributed by atoms with Crippen LogP contribution in [0, 0.1) is 6.92 Å². The van der Waals surface area contributed by atoms with Crippen LogP contribution in [0.3, 0.4) is 0 Å². The first-order valence-electron chi connectivity index (χ1n) is 17.8. The molecule has 53 heavy (non-hydrogen) atoms. The molecule has 0 unspecified atom stereocenters. The van der Waals surface area contributed by atoms with Gasteiger partial charge in [0.05, 0.1) is 28.4 Å². The highest BCUT2D eigenvalue weighted by Gasteiger charge is 2.16. The lowest BCUT2D eigenvalue weighted by Gasteiger charge is -2.19. The SMILES string of the molecule is C.C.CCc1ccc(C(C)C)c(OC)c1.COc1cc(C(C)(C)C)ccc1O.COc1cc(C(C)(C)C)ccc1O.COc1cc(C)ccc1C(C)C. The van der Waals surface area contributed by atoms with E-state index in [2.05, 4.69) is 119 Å². The Morgan fingerprint density at radius 2 is 0.868 bits per heavy atom. The molecule has 0 amide bonds. The van der Waals surface area contributed by atoms with E-state index in [1.807, 2.05) is 24.3 Å². The summed E-state index contributed by atoms with van der Waals surface area (Å²) in [6.07, 6.45) is 1.06. The molecule has 0 saturated carbocycles. The van der Waals surface area contributed by atoms with Crippen LogP contribution in [0.1, 0.15) is 136 Å². The summed E-state index contributed by atoms with van der Waals surface area (Å²) in [5.74, 6) is 4.53. The molecule has 0 radical (unpaired) electrons. The zero-order valence-corrected chi connectivity index (χ0v) is 34.3. The summed E-state index contributed by atoms with van der Waals surface area (Å²) < 4.78 is 20.7. The number of aromatic hydroxyl groups is 2. The van der Waals surface area contributed by atoms with E-state index in [9.17, 15) is 10.2 Å². The monoisotopic (exact) mass is 735 g/mol. The average molecular weight is 735 g/mol. The van der Waals surface area contributed by atoms with Crippen molar-refractivity contribution in [2.45, 2.75) is 127 Å². The number of aryl methyl sites for hydroxylation is 2. The van der Waals surface area contributed by atoms with E-state index in [1.54, 1.807) is 40.6 Å². The van der Waals surface area contributed by atoms with E-state index >= 15 is 0 Å². The maximum atomic E-state index is 9.38. The van der Waals surface area contributed by atoms with Crippen molar-refractivity contribution in [3.63, 3.8) is 0 Å². The Labute approximate surface area is 324 Å².